The molecule has 0 aliphatic carbocycles. The molecule has 0 fully saturated rings. The van der Waals surface area contributed by atoms with Crippen LogP contribution >= 0.6 is 15.9 Å². The van der Waals surface area contributed by atoms with Gasteiger partial charge in [0.25, 0.3) is 6.29 Å². The van der Waals surface area contributed by atoms with Crippen LogP contribution in [0.3, 0.4) is 0 Å². The van der Waals surface area contributed by atoms with Gasteiger partial charge in [-0.05, 0) is 12.1 Å². The predicted molar refractivity (Wildman–Crippen MR) is 46.9 cm³/mol. The van der Waals surface area contributed by atoms with E-state index in [2.05, 4.69) is 22.2 Å². The predicted octanol–water partition coefficient (Wildman–Crippen LogP) is 2.77. The molecule has 1 aromatic rings. The second-order valence-electron chi connectivity index (χ2n) is 2.38. The molecule has 1 atom stereocenters. The first-order chi connectivity index (χ1) is 5.86. The van der Waals surface area contributed by atoms with Gasteiger partial charge in [0.2, 0.25) is 6.26 Å². The fourth-order valence-corrected chi connectivity index (χ4v) is 1.42. The van der Waals surface area contributed by atoms with Crippen LogP contribution < -0.4 is 0 Å². The molecule has 0 N–H and O–H groups in total. The fourth-order valence-electron chi connectivity index (χ4n) is 1.01. The summed E-state index contributed by atoms with van der Waals surface area (Å²) in [5.41, 5.74) is 0.977. The fraction of sp³-hybridized carbons (Fsp3) is 0.111. The third kappa shape index (κ3) is 1.46. The Balaban J connectivity index is 2.22. The number of ether oxygens (including phenoxy) is 2. The molecular weight excluding hydrogens is 220 g/mol. The lowest BCUT2D eigenvalue weighted by Crippen LogP contribution is -1.96. The molecule has 2 nitrogen and oxygen atoms in total. The Bertz CT molecular complexity index is 301. The zero-order valence-corrected chi connectivity index (χ0v) is 7.74. The Morgan fingerprint density at radius 1 is 1.42 bits per heavy atom. The summed E-state index contributed by atoms with van der Waals surface area (Å²) < 4.78 is 11.2. The van der Waals surface area contributed by atoms with Crippen molar-refractivity contribution in [1.29, 1.82) is 0 Å². The van der Waals surface area contributed by atoms with Crippen LogP contribution in [-0.2, 0) is 9.47 Å². The summed E-state index contributed by atoms with van der Waals surface area (Å²) >= 11 is 3.37. The van der Waals surface area contributed by atoms with E-state index < -0.39 is 0 Å². The number of halogens is 1. The molecule has 0 aromatic heterocycles. The number of hydrogen-bond acceptors (Lipinski definition) is 2. The van der Waals surface area contributed by atoms with E-state index in [0.29, 0.717) is 0 Å². The zero-order valence-electron chi connectivity index (χ0n) is 6.16. The first-order valence-corrected chi connectivity index (χ1v) is 4.29. The maximum Gasteiger partial charge on any atom is 0.267 e. The average molecular weight is 226 g/mol. The van der Waals surface area contributed by atoms with Crippen LogP contribution in [0.15, 0.2) is 35.0 Å². The van der Waals surface area contributed by atoms with Crippen LogP contribution in [0.5, 0.6) is 0 Å². The minimum absolute atomic E-state index is 0.331. The maximum atomic E-state index is 5.11. The molecule has 1 aliphatic rings. The van der Waals surface area contributed by atoms with E-state index >= 15 is 0 Å². The summed E-state index contributed by atoms with van der Waals surface area (Å²) in [5.74, 6) is 0. The number of hydrogen-bond donors (Lipinski definition) is 0. The summed E-state index contributed by atoms with van der Waals surface area (Å²) in [4.78, 5) is 0. The first kappa shape index (κ1) is 7.68. The van der Waals surface area contributed by atoms with E-state index in [1.54, 1.807) is 0 Å². The minimum Gasteiger partial charge on any atom is -0.454 e. The van der Waals surface area contributed by atoms with Gasteiger partial charge in [-0.15, -0.1) is 0 Å². The van der Waals surface area contributed by atoms with Crippen LogP contribution in [0.1, 0.15) is 11.9 Å². The van der Waals surface area contributed by atoms with Gasteiger partial charge in [0.05, 0.1) is 0 Å². The van der Waals surface area contributed by atoms with Crippen molar-refractivity contribution in [1.82, 2.24) is 0 Å². The quantitative estimate of drug-likeness (QED) is 0.732. The molecule has 61 valence electrons. The van der Waals surface area contributed by atoms with Crippen molar-refractivity contribution in [2.75, 3.05) is 0 Å². The molecule has 1 aliphatic heterocycles. The van der Waals surface area contributed by atoms with E-state index in [9.17, 15) is 0 Å². The normalized spacial score (nSPS) is 15.8. The van der Waals surface area contributed by atoms with Crippen LogP contribution in [0.2, 0.25) is 0 Å². The lowest BCUT2D eigenvalue weighted by atomic mass is 10.2. The molecule has 0 bridgehead atoms. The van der Waals surface area contributed by atoms with Crippen LogP contribution in [0.4, 0.5) is 0 Å². The summed E-state index contributed by atoms with van der Waals surface area (Å²) in [7, 11) is 0. The van der Waals surface area contributed by atoms with Crippen LogP contribution in [0, 0.1) is 6.26 Å². The lowest BCUT2D eigenvalue weighted by molar-refractivity contribution is -0.0302. The van der Waals surface area contributed by atoms with Gasteiger partial charge >= 0.3 is 0 Å². The molecule has 1 radical (unpaired) electrons. The molecule has 1 heterocycles. The summed E-state index contributed by atoms with van der Waals surface area (Å²) in [6, 6.07) is 7.78. The molecule has 3 heteroatoms. The lowest BCUT2D eigenvalue weighted by Gasteiger charge is -2.09. The van der Waals surface area contributed by atoms with Crippen molar-refractivity contribution in [2.45, 2.75) is 6.29 Å². The van der Waals surface area contributed by atoms with Gasteiger partial charge in [0.1, 0.15) is 6.26 Å². The molecule has 12 heavy (non-hydrogen) atoms. The summed E-state index contributed by atoms with van der Waals surface area (Å²) in [6.45, 7) is 0. The van der Waals surface area contributed by atoms with Gasteiger partial charge < -0.3 is 9.47 Å². The van der Waals surface area contributed by atoms with Gasteiger partial charge in [-0.1, -0.05) is 28.1 Å². The highest BCUT2D eigenvalue weighted by atomic mass is 79.9. The number of benzene rings is 1. The van der Waals surface area contributed by atoms with Crippen molar-refractivity contribution >= 4 is 15.9 Å². The molecule has 0 amide bonds. The van der Waals surface area contributed by atoms with E-state index in [0.717, 1.165) is 10.0 Å². The van der Waals surface area contributed by atoms with E-state index in [1.807, 2.05) is 24.3 Å². The van der Waals surface area contributed by atoms with Gasteiger partial charge in [0.15, 0.2) is 0 Å². The molecule has 0 spiro atoms. The topological polar surface area (TPSA) is 18.5 Å². The molecule has 0 saturated carbocycles. The SMILES string of the molecule is Brc1cccc(C2O[C]=CO2)c1. The second kappa shape index (κ2) is 3.19. The average Bonchev–Trinajstić information content (AvgIpc) is 2.56. The van der Waals surface area contributed by atoms with Gasteiger partial charge in [0, 0.05) is 10.0 Å². The minimum atomic E-state index is -0.331. The third-order valence-corrected chi connectivity index (χ3v) is 2.03. The van der Waals surface area contributed by atoms with Crippen molar-refractivity contribution in [3.05, 3.63) is 46.8 Å². The first-order valence-electron chi connectivity index (χ1n) is 3.50. The largest absolute Gasteiger partial charge is 0.454 e. The van der Waals surface area contributed by atoms with E-state index in [-0.39, 0.29) is 6.29 Å². The Morgan fingerprint density at radius 2 is 2.33 bits per heavy atom. The molecule has 0 saturated heterocycles. The van der Waals surface area contributed by atoms with Crippen LogP contribution in [-0.4, -0.2) is 0 Å². The van der Waals surface area contributed by atoms with Gasteiger partial charge in [-0.2, -0.15) is 0 Å². The Labute approximate surface area is 78.9 Å². The summed E-state index contributed by atoms with van der Waals surface area (Å²) in [6.07, 6.45) is 3.62. The Hall–Kier alpha value is -0.960. The van der Waals surface area contributed by atoms with Gasteiger partial charge in [-0.3, -0.25) is 0 Å². The third-order valence-electron chi connectivity index (χ3n) is 1.54. The van der Waals surface area contributed by atoms with Crippen LogP contribution in [0.25, 0.3) is 0 Å². The Morgan fingerprint density at radius 3 is 3.00 bits per heavy atom. The highest BCUT2D eigenvalue weighted by molar-refractivity contribution is 9.10. The number of rotatable bonds is 1. The van der Waals surface area contributed by atoms with E-state index in [4.69, 9.17) is 9.47 Å². The zero-order chi connectivity index (χ0) is 8.39. The molecule has 2 rings (SSSR count). The Kier molecular flexibility index (Phi) is 2.04. The highest BCUT2D eigenvalue weighted by Crippen LogP contribution is 2.25. The van der Waals surface area contributed by atoms with Crippen molar-refractivity contribution in [3.8, 4) is 0 Å². The highest BCUT2D eigenvalue weighted by Gasteiger charge is 2.15. The molecular formula is C9H6BrO2. The van der Waals surface area contributed by atoms with Gasteiger partial charge in [-0.25, -0.2) is 0 Å². The smallest absolute Gasteiger partial charge is 0.267 e. The van der Waals surface area contributed by atoms with E-state index in [1.165, 1.54) is 6.26 Å². The second-order valence-corrected chi connectivity index (χ2v) is 3.29. The standard InChI is InChI=1S/C9H6BrO2/c10-8-3-1-2-7(6-8)9-11-4-5-12-9/h1-4,6,9H. The molecule has 1 aromatic carbocycles. The molecule has 1 unspecified atom stereocenters. The van der Waals surface area contributed by atoms with Crippen molar-refractivity contribution in [2.24, 2.45) is 0 Å². The van der Waals surface area contributed by atoms with Crippen molar-refractivity contribution in [3.63, 3.8) is 0 Å². The maximum absolute atomic E-state index is 5.11. The van der Waals surface area contributed by atoms with Crippen molar-refractivity contribution < 1.29 is 9.47 Å². The summed E-state index contributed by atoms with van der Waals surface area (Å²) in [5, 5.41) is 0. The monoisotopic (exact) mass is 225 g/mol.